The Kier molecular flexibility index (Phi) is 4.32. The van der Waals surface area contributed by atoms with Crippen LogP contribution in [0.4, 0.5) is 5.69 Å². The van der Waals surface area contributed by atoms with Crippen molar-refractivity contribution in [1.82, 2.24) is 0 Å². The Morgan fingerprint density at radius 2 is 1.84 bits per heavy atom. The molecule has 19 heavy (non-hydrogen) atoms. The molecule has 2 rings (SSSR count). The first-order valence-corrected chi connectivity index (χ1v) is 6.71. The van der Waals surface area contributed by atoms with Crippen molar-refractivity contribution in [2.75, 3.05) is 5.32 Å². The summed E-state index contributed by atoms with van der Waals surface area (Å²) in [5.74, 6) is -1.66. The van der Waals surface area contributed by atoms with E-state index in [1.165, 1.54) is 0 Å². The number of halogens is 2. The Morgan fingerprint density at radius 1 is 1.16 bits per heavy atom. The van der Waals surface area contributed by atoms with Crippen molar-refractivity contribution in [2.24, 2.45) is 11.8 Å². The molecule has 0 unspecified atom stereocenters. The summed E-state index contributed by atoms with van der Waals surface area (Å²) < 4.78 is 0. The average Bonchev–Trinajstić information content (AvgIpc) is 2.83. The van der Waals surface area contributed by atoms with Gasteiger partial charge in [-0.15, -0.1) is 0 Å². The minimum absolute atomic E-state index is 0.165. The van der Waals surface area contributed by atoms with Gasteiger partial charge in [0.1, 0.15) is 0 Å². The van der Waals surface area contributed by atoms with E-state index in [0.29, 0.717) is 35.0 Å². The molecule has 6 heteroatoms. The monoisotopic (exact) mass is 301 g/mol. The fraction of sp³-hybridized carbons (Fsp3) is 0.385. The molecule has 0 bridgehead atoms. The summed E-state index contributed by atoms with van der Waals surface area (Å²) in [6.45, 7) is 0. The number of carbonyl (C=O) groups is 2. The van der Waals surface area contributed by atoms with Crippen LogP contribution in [-0.2, 0) is 9.59 Å². The number of hydrogen-bond donors (Lipinski definition) is 2. The highest BCUT2D eigenvalue weighted by Crippen LogP contribution is 2.32. The molecule has 0 aliphatic heterocycles. The van der Waals surface area contributed by atoms with E-state index in [9.17, 15) is 9.59 Å². The third-order valence-electron chi connectivity index (χ3n) is 3.34. The molecule has 0 aromatic heterocycles. The summed E-state index contributed by atoms with van der Waals surface area (Å²) in [6.07, 6.45) is 1.54. The second kappa shape index (κ2) is 5.80. The Balaban J connectivity index is 1.98. The normalized spacial score (nSPS) is 22.2. The molecule has 1 aromatic carbocycles. The predicted octanol–water partition coefficient (Wildman–Crippen LogP) is 3.43. The largest absolute Gasteiger partial charge is 0.481 e. The summed E-state index contributed by atoms with van der Waals surface area (Å²) in [5, 5.41) is 12.4. The van der Waals surface area contributed by atoms with Crippen LogP contribution in [-0.4, -0.2) is 17.0 Å². The second-order valence-corrected chi connectivity index (χ2v) is 5.48. The SMILES string of the molecule is O=C(O)[C@H]1CC[C@@H](C(=O)Nc2ccc(Cl)c(Cl)c2)C1. The van der Waals surface area contributed by atoms with Gasteiger partial charge < -0.3 is 10.4 Å². The van der Waals surface area contributed by atoms with Crippen LogP contribution in [0.3, 0.4) is 0 Å². The quantitative estimate of drug-likeness (QED) is 0.899. The van der Waals surface area contributed by atoms with Crippen LogP contribution >= 0.6 is 23.2 Å². The summed E-state index contributed by atoms with van der Waals surface area (Å²) in [7, 11) is 0. The smallest absolute Gasteiger partial charge is 0.306 e. The van der Waals surface area contributed by atoms with Crippen molar-refractivity contribution in [3.8, 4) is 0 Å². The number of nitrogens with one attached hydrogen (secondary N) is 1. The fourth-order valence-corrected chi connectivity index (χ4v) is 2.56. The van der Waals surface area contributed by atoms with Crippen LogP contribution in [0.15, 0.2) is 18.2 Å². The topological polar surface area (TPSA) is 66.4 Å². The predicted molar refractivity (Wildman–Crippen MR) is 73.6 cm³/mol. The lowest BCUT2D eigenvalue weighted by atomic mass is 10.0. The number of anilines is 1. The van der Waals surface area contributed by atoms with Gasteiger partial charge in [-0.2, -0.15) is 0 Å². The molecule has 1 saturated carbocycles. The first kappa shape index (κ1) is 14.2. The zero-order valence-corrected chi connectivity index (χ0v) is 11.5. The highest BCUT2D eigenvalue weighted by Gasteiger charge is 2.33. The second-order valence-electron chi connectivity index (χ2n) is 4.66. The first-order chi connectivity index (χ1) is 8.97. The van der Waals surface area contributed by atoms with Crippen LogP contribution in [0.1, 0.15) is 19.3 Å². The van der Waals surface area contributed by atoms with E-state index in [1.54, 1.807) is 18.2 Å². The van der Waals surface area contributed by atoms with Gasteiger partial charge in [0.25, 0.3) is 0 Å². The van der Waals surface area contributed by atoms with Crippen LogP contribution in [0.25, 0.3) is 0 Å². The zero-order valence-electron chi connectivity index (χ0n) is 10.0. The van der Waals surface area contributed by atoms with Gasteiger partial charge in [-0.3, -0.25) is 9.59 Å². The van der Waals surface area contributed by atoms with Crippen molar-refractivity contribution < 1.29 is 14.7 Å². The first-order valence-electron chi connectivity index (χ1n) is 5.96. The van der Waals surface area contributed by atoms with Gasteiger partial charge in [0.2, 0.25) is 5.91 Å². The standard InChI is InChI=1S/C13H13Cl2NO3/c14-10-4-3-9(6-11(10)15)16-12(17)7-1-2-8(5-7)13(18)19/h3-4,6-8H,1-2,5H2,(H,16,17)(H,18,19)/t7-,8+/m1/s1. The molecule has 0 saturated heterocycles. The van der Waals surface area contributed by atoms with Crippen LogP contribution < -0.4 is 5.32 Å². The maximum Gasteiger partial charge on any atom is 0.306 e. The van der Waals surface area contributed by atoms with Gasteiger partial charge in [-0.05, 0) is 37.5 Å². The number of hydrogen-bond acceptors (Lipinski definition) is 2. The molecule has 4 nitrogen and oxygen atoms in total. The molecular formula is C13H13Cl2NO3. The Labute approximate surface area is 120 Å². The third-order valence-corrected chi connectivity index (χ3v) is 4.08. The van der Waals surface area contributed by atoms with E-state index in [-0.39, 0.29) is 11.8 Å². The maximum atomic E-state index is 12.0. The van der Waals surface area contributed by atoms with Crippen LogP contribution in [0.5, 0.6) is 0 Å². The number of amides is 1. The number of rotatable bonds is 3. The molecular weight excluding hydrogens is 289 g/mol. The Hall–Kier alpha value is -1.26. The van der Waals surface area contributed by atoms with Gasteiger partial charge in [0.15, 0.2) is 0 Å². The Morgan fingerprint density at radius 3 is 2.42 bits per heavy atom. The summed E-state index contributed by atoms with van der Waals surface area (Å²) >= 11 is 11.6. The summed E-state index contributed by atoms with van der Waals surface area (Å²) in [4.78, 5) is 22.8. The molecule has 1 aliphatic rings. The lowest BCUT2D eigenvalue weighted by molar-refractivity contribution is -0.141. The number of carbonyl (C=O) groups excluding carboxylic acids is 1. The summed E-state index contributed by atoms with van der Waals surface area (Å²) in [6, 6.07) is 4.84. The minimum Gasteiger partial charge on any atom is -0.481 e. The zero-order chi connectivity index (χ0) is 14.0. The average molecular weight is 302 g/mol. The molecule has 1 aromatic rings. The van der Waals surface area contributed by atoms with Crippen LogP contribution in [0, 0.1) is 11.8 Å². The van der Waals surface area contributed by atoms with Gasteiger partial charge in [0, 0.05) is 11.6 Å². The number of carboxylic acids is 1. The highest BCUT2D eigenvalue weighted by atomic mass is 35.5. The lowest BCUT2D eigenvalue weighted by Crippen LogP contribution is -2.21. The van der Waals surface area contributed by atoms with E-state index >= 15 is 0 Å². The minimum atomic E-state index is -0.829. The number of aliphatic carboxylic acids is 1. The molecule has 0 heterocycles. The molecule has 2 N–H and O–H groups in total. The molecule has 102 valence electrons. The van der Waals surface area contributed by atoms with E-state index in [2.05, 4.69) is 5.32 Å². The third kappa shape index (κ3) is 3.39. The van der Waals surface area contributed by atoms with Crippen molar-refractivity contribution >= 4 is 40.8 Å². The van der Waals surface area contributed by atoms with E-state index < -0.39 is 11.9 Å². The summed E-state index contributed by atoms with van der Waals surface area (Å²) in [5.41, 5.74) is 0.568. The van der Waals surface area contributed by atoms with Crippen molar-refractivity contribution in [3.63, 3.8) is 0 Å². The number of carboxylic acid groups (broad SMARTS) is 1. The van der Waals surface area contributed by atoms with Crippen molar-refractivity contribution in [2.45, 2.75) is 19.3 Å². The van der Waals surface area contributed by atoms with Gasteiger partial charge in [-0.25, -0.2) is 0 Å². The number of benzene rings is 1. The van der Waals surface area contributed by atoms with E-state index in [4.69, 9.17) is 28.3 Å². The molecule has 2 atom stereocenters. The molecule has 1 aliphatic carbocycles. The van der Waals surface area contributed by atoms with Crippen LogP contribution in [0.2, 0.25) is 10.0 Å². The molecule has 1 amide bonds. The lowest BCUT2D eigenvalue weighted by Gasteiger charge is -2.11. The van der Waals surface area contributed by atoms with E-state index in [0.717, 1.165) is 0 Å². The van der Waals surface area contributed by atoms with E-state index in [1.807, 2.05) is 0 Å². The molecule has 0 radical (unpaired) electrons. The fourth-order valence-electron chi connectivity index (χ4n) is 2.26. The maximum absolute atomic E-state index is 12.0. The van der Waals surface area contributed by atoms with Gasteiger partial charge in [0.05, 0.1) is 16.0 Å². The van der Waals surface area contributed by atoms with Crippen molar-refractivity contribution in [3.05, 3.63) is 28.2 Å². The van der Waals surface area contributed by atoms with Crippen molar-refractivity contribution in [1.29, 1.82) is 0 Å². The molecule has 0 spiro atoms. The van der Waals surface area contributed by atoms with Gasteiger partial charge >= 0.3 is 5.97 Å². The highest BCUT2D eigenvalue weighted by molar-refractivity contribution is 6.42. The molecule has 1 fully saturated rings. The Bertz CT molecular complexity index is 519. The van der Waals surface area contributed by atoms with Gasteiger partial charge in [-0.1, -0.05) is 23.2 Å².